The summed E-state index contributed by atoms with van der Waals surface area (Å²) in [6.07, 6.45) is 0.0650. The van der Waals surface area contributed by atoms with Gasteiger partial charge in [-0.2, -0.15) is 28.6 Å². The van der Waals surface area contributed by atoms with Gasteiger partial charge in [0.25, 0.3) is 0 Å². The van der Waals surface area contributed by atoms with Crippen LogP contribution in [0.5, 0.6) is 0 Å². The number of H-pyrrole nitrogens is 1. The number of aliphatic hydroxyl groups is 3. The molecule has 5 heterocycles. The minimum absolute atomic E-state index is 0.00522. The molecule has 4 unspecified atom stereocenters. The van der Waals surface area contributed by atoms with E-state index in [2.05, 4.69) is 89.9 Å². The van der Waals surface area contributed by atoms with Crippen molar-refractivity contribution in [3.05, 3.63) is 65.4 Å². The number of aliphatic carboxylic acids is 1. The van der Waals surface area contributed by atoms with Crippen LogP contribution in [0.3, 0.4) is 0 Å². The lowest BCUT2D eigenvalue weighted by Gasteiger charge is -2.34. The van der Waals surface area contributed by atoms with Crippen LogP contribution >= 0.6 is 23.5 Å². The Bertz CT molecular complexity index is 3830. The van der Waals surface area contributed by atoms with Gasteiger partial charge >= 0.3 is 5.97 Å². The van der Waals surface area contributed by atoms with Gasteiger partial charge in [0.2, 0.25) is 70.9 Å². The molecule has 3 saturated heterocycles. The van der Waals surface area contributed by atoms with Crippen molar-refractivity contribution in [1.29, 1.82) is 0 Å². The van der Waals surface area contributed by atoms with Crippen LogP contribution in [-0.2, 0) is 80.3 Å². The number of carbonyl (C=O) groups is 13. The smallest absolute Gasteiger partial charge is 0.303 e. The van der Waals surface area contributed by atoms with E-state index in [1.54, 1.807) is 52.8 Å². The Kier molecular flexibility index (Phi) is 35.7. The summed E-state index contributed by atoms with van der Waals surface area (Å²) in [6.45, 7) is 13.1. The number of hydrogen-bond donors (Lipinski definition) is 21. The maximum absolute atomic E-state index is 15.2. The summed E-state index contributed by atoms with van der Waals surface area (Å²) in [5.41, 5.74) is 7.79. The maximum Gasteiger partial charge on any atom is 0.303 e. The molecule has 1 aliphatic carbocycles. The van der Waals surface area contributed by atoms with Crippen LogP contribution in [-0.4, -0.2) is 242 Å². The third-order valence-electron chi connectivity index (χ3n) is 21.7. The summed E-state index contributed by atoms with van der Waals surface area (Å²) in [7, 11) is 0. The first-order valence-electron chi connectivity index (χ1n) is 40.2. The summed E-state index contributed by atoms with van der Waals surface area (Å²) in [5.74, 6) is -11.1. The van der Waals surface area contributed by atoms with Gasteiger partial charge in [-0.1, -0.05) is 77.8 Å². The van der Waals surface area contributed by atoms with Crippen molar-refractivity contribution in [2.45, 2.75) is 266 Å². The highest BCUT2D eigenvalue weighted by Gasteiger charge is 2.44. The fourth-order valence-corrected chi connectivity index (χ4v) is 17.2. The van der Waals surface area contributed by atoms with E-state index in [1.165, 1.54) is 43.6 Å². The first-order chi connectivity index (χ1) is 54.8. The van der Waals surface area contributed by atoms with Crippen molar-refractivity contribution < 1.29 is 82.8 Å². The fourth-order valence-electron chi connectivity index (χ4n) is 15.3. The second-order valence-electron chi connectivity index (χ2n) is 32.2. The lowest BCUT2D eigenvalue weighted by molar-refractivity contribution is -0.139. The molecule has 35 nitrogen and oxygen atoms in total. The number of amides is 12. The Morgan fingerprint density at radius 3 is 1.74 bits per heavy atom. The van der Waals surface area contributed by atoms with Crippen LogP contribution in [0.15, 0.2) is 48.7 Å². The highest BCUT2D eigenvalue weighted by Crippen LogP contribution is 2.33. The Morgan fingerprint density at radius 1 is 0.591 bits per heavy atom. The molecule has 636 valence electrons. The minimum atomic E-state index is -1.78. The zero-order valence-electron chi connectivity index (χ0n) is 66.7. The van der Waals surface area contributed by atoms with Crippen LogP contribution < -0.4 is 85.5 Å². The number of aliphatic hydroxyl groups excluding tert-OH is 3. The highest BCUT2D eigenvalue weighted by molar-refractivity contribution is 7.98. The normalized spacial score (nSPS) is 30.0. The van der Waals surface area contributed by atoms with Gasteiger partial charge in [0, 0.05) is 66.9 Å². The van der Waals surface area contributed by atoms with Crippen molar-refractivity contribution in [2.75, 3.05) is 37.8 Å². The predicted molar refractivity (Wildman–Crippen MR) is 431 cm³/mol. The standard InChI is InChI=1S/C78H120N18O17S2/c1-8-12-53-68(104)87-55(23-24-62(101)102)69(105)88-57(31-44-19-22-52-48(29-44)35-84-96-52)71(107)86-54(13-9-2)70(106)94-64(42(4)98)76(112)92-60(66(79)103)39-115-38-46-15-10-14-45(28-46)37-114-27-25-61(100)93-65(78(5,6)7)77(113)91-56(30-43-17-20-50(99)21-18-43)72(108)89-59(33-49-36-80-40-83-49)74(110)95-63(41(3)97)75(111)90-58(73(109)85-53)32-47-34-82-67-51(47)16-11-26-81-67/h10,14-15,19,22,28-29,35,41-43,47,49-51,53-60,63-65,67,80-83,97-99H,8-9,11-13,16-18,20-21,23-27,30-34,36-40H2,1-7H3,(H2,79,103)(H,84,96)(H,85,109)(H,86,107)(H,87,104)(H,88,105)(H,89,108)(H,90,111)(H,91,113)(H,92,112)(H,93,100)(H,94,106)(H,95,110)(H,101,102)/t41-,42-,43?,47?,49?,50?,51?,53+,54+,55+,56+,57+,58+,59+,60+,63+,64+,65-,67?/m1/s1. The zero-order valence-corrected chi connectivity index (χ0v) is 68.3. The lowest BCUT2D eigenvalue weighted by atomic mass is 9.82. The van der Waals surface area contributed by atoms with Crippen molar-refractivity contribution in [1.82, 2.24) is 89.9 Å². The number of rotatable bonds is 18. The molecule has 115 heavy (non-hydrogen) atoms. The number of carboxylic acid groups (broad SMARTS) is 1. The fraction of sp³-hybridized carbons (Fsp3) is 0.667. The summed E-state index contributed by atoms with van der Waals surface area (Å²) in [4.78, 5) is 187. The number of carbonyl (C=O) groups excluding carboxylic acids is 12. The molecule has 1 saturated carbocycles. The van der Waals surface area contributed by atoms with Crippen LogP contribution in [0.2, 0.25) is 0 Å². The van der Waals surface area contributed by atoms with Gasteiger partial charge in [-0.3, -0.25) is 67.4 Å². The number of nitrogens with one attached hydrogen (secondary N) is 16. The number of nitrogens with two attached hydrogens (primary N) is 1. The largest absolute Gasteiger partial charge is 0.481 e. The van der Waals surface area contributed by atoms with E-state index < -0.39 is 186 Å². The zero-order chi connectivity index (χ0) is 83.6. The van der Waals surface area contributed by atoms with Crippen molar-refractivity contribution in [3.8, 4) is 0 Å². The van der Waals surface area contributed by atoms with E-state index in [0.717, 1.165) is 30.5 Å². The summed E-state index contributed by atoms with van der Waals surface area (Å²) in [6, 6.07) is -4.12. The van der Waals surface area contributed by atoms with E-state index in [9.17, 15) is 63.6 Å². The number of aromatic amines is 1. The molecule has 3 aromatic rings. The molecule has 22 N–H and O–H groups in total. The van der Waals surface area contributed by atoms with Gasteiger partial charge in [0.05, 0.1) is 36.2 Å². The third kappa shape index (κ3) is 28.4. The molecule has 1 aromatic heterocycles. The number of carboxylic acids is 1. The molecule has 4 aliphatic heterocycles. The van der Waals surface area contributed by atoms with Crippen LogP contribution in [0, 0.1) is 23.2 Å². The maximum atomic E-state index is 15.2. The predicted octanol–water partition coefficient (Wildman–Crippen LogP) is -1.45. The van der Waals surface area contributed by atoms with Gasteiger partial charge in [-0.25, -0.2) is 0 Å². The number of nitrogens with zero attached hydrogens (tertiary/aromatic N) is 1. The number of aromatic nitrogens is 2. The van der Waals surface area contributed by atoms with Gasteiger partial charge in [0.1, 0.15) is 66.5 Å². The van der Waals surface area contributed by atoms with E-state index >= 15 is 19.2 Å². The molecular weight excluding hydrogens is 1530 g/mol. The summed E-state index contributed by atoms with van der Waals surface area (Å²) in [5, 5.41) is 93.9. The molecule has 5 aliphatic rings. The van der Waals surface area contributed by atoms with Crippen molar-refractivity contribution in [3.63, 3.8) is 0 Å². The number of fused-ring (bicyclic) bond motifs is 4. The molecule has 0 spiro atoms. The van der Waals surface area contributed by atoms with Crippen molar-refractivity contribution in [2.24, 2.45) is 28.9 Å². The molecule has 4 fully saturated rings. The molecule has 12 amide bonds. The minimum Gasteiger partial charge on any atom is -0.481 e. The number of primary amides is 1. The second-order valence-corrected chi connectivity index (χ2v) is 34.3. The first-order valence-corrected chi connectivity index (χ1v) is 42.5. The van der Waals surface area contributed by atoms with Gasteiger partial charge in [-0.05, 0) is 156 Å². The topological polar surface area (TPSA) is 538 Å². The quantitative estimate of drug-likeness (QED) is 0.0693. The number of hydrogen-bond acceptors (Lipinski definition) is 23. The van der Waals surface area contributed by atoms with E-state index in [-0.39, 0.29) is 87.5 Å². The molecule has 0 radical (unpaired) electrons. The van der Waals surface area contributed by atoms with Gasteiger partial charge in [-0.15, -0.1) is 0 Å². The van der Waals surface area contributed by atoms with E-state index in [0.29, 0.717) is 79.2 Å². The number of piperidine rings is 1. The lowest BCUT2D eigenvalue weighted by Crippen LogP contribution is -2.63. The van der Waals surface area contributed by atoms with E-state index in [4.69, 9.17) is 5.73 Å². The number of thioether (sulfide) groups is 2. The number of benzene rings is 2. The Hall–Kier alpha value is -8.56. The SMILES string of the molecule is CCC[C@@H]1NC(=O)[C@H](CC2CNC3NCCCC23)NC(=O)[C@H]([C@@H](C)O)NC(=O)[C@H](CC2CNCN2)NC(=O)[C@H](CC2CCC(O)CC2)NC(=O)[C@H](C(C)(C)C)NC(=O)CCSCc2cccc(c2)CSC[C@@H](C(N)=O)NC(=O)[C@H]([C@@H](C)O)NC(=O)[C@H](CCC)NC(=O)[C@H](Cc2ccc3[nH]ncc3c2)NC(=O)[C@H](CCC(=O)O)NC1=O. The Balaban J connectivity index is 1.12. The third-order valence-corrected chi connectivity index (χ3v) is 23.9. The second kappa shape index (κ2) is 44.7. The molecule has 8 rings (SSSR count). The van der Waals surface area contributed by atoms with Crippen LogP contribution in [0.1, 0.15) is 168 Å². The van der Waals surface area contributed by atoms with Crippen LogP contribution in [0.4, 0.5) is 0 Å². The molecule has 2 bridgehead atoms. The monoisotopic (exact) mass is 1640 g/mol. The van der Waals surface area contributed by atoms with Gasteiger partial charge in [0.15, 0.2) is 0 Å². The molecule has 17 atom stereocenters. The van der Waals surface area contributed by atoms with Crippen molar-refractivity contribution >= 4 is 111 Å². The first kappa shape index (κ1) is 92.0. The Labute approximate surface area is 678 Å². The highest BCUT2D eigenvalue weighted by atomic mass is 32.2. The van der Waals surface area contributed by atoms with E-state index in [1.807, 2.05) is 24.3 Å². The molecule has 2 aromatic carbocycles. The summed E-state index contributed by atoms with van der Waals surface area (Å²) >= 11 is 2.73. The molecular formula is C78H120N18O17S2. The summed E-state index contributed by atoms with van der Waals surface area (Å²) < 4.78 is 0. The van der Waals surface area contributed by atoms with Gasteiger partial charge < -0.3 is 106 Å². The van der Waals surface area contributed by atoms with Crippen LogP contribution in [0.25, 0.3) is 10.9 Å². The Morgan fingerprint density at radius 2 is 1.14 bits per heavy atom. The average molecular weight is 1650 g/mol. The molecule has 37 heteroatoms. The average Bonchev–Trinajstić information content (AvgIpc) is 1.58.